The van der Waals surface area contributed by atoms with Crippen LogP contribution in [0.25, 0.3) is 0 Å². The summed E-state index contributed by atoms with van der Waals surface area (Å²) in [6.45, 7) is 14.8. The van der Waals surface area contributed by atoms with Crippen LogP contribution in [0.4, 0.5) is 49.6 Å². The number of benzene rings is 7. The highest BCUT2D eigenvalue weighted by molar-refractivity contribution is 6.07. The number of nitrogens with one attached hydrogen (secondary N) is 4. The Morgan fingerprint density at radius 3 is 1.09 bits per heavy atom. The van der Waals surface area contributed by atoms with Gasteiger partial charge in [0.25, 0.3) is 47.3 Å². The lowest BCUT2D eigenvalue weighted by molar-refractivity contribution is 0.0204. The van der Waals surface area contributed by atoms with E-state index in [1.54, 1.807) is 171 Å². The first kappa shape index (κ1) is 96.8. The summed E-state index contributed by atoms with van der Waals surface area (Å²) in [5, 5.41) is 27.5. The molecule has 34 nitrogen and oxygen atoms in total. The van der Waals surface area contributed by atoms with Gasteiger partial charge in [-0.05, 0) is 128 Å². The number of carbonyl (C=O) groups is 8. The summed E-state index contributed by atoms with van der Waals surface area (Å²) in [4.78, 5) is 110. The van der Waals surface area contributed by atoms with Gasteiger partial charge in [-0.15, -0.1) is 0 Å². The van der Waals surface area contributed by atoms with Gasteiger partial charge in [0.1, 0.15) is 126 Å². The summed E-state index contributed by atoms with van der Waals surface area (Å²) in [7, 11) is 14.5. The molecule has 4 N–H and O–H groups in total. The number of ether oxygens (including phenoxy) is 9. The number of aromatic nitrogens is 9. The van der Waals surface area contributed by atoms with Crippen molar-refractivity contribution >= 4 is 70.5 Å². The number of carbonyl (C=O) groups excluding carboxylic acids is 8. The van der Waals surface area contributed by atoms with Gasteiger partial charge < -0.3 is 83.5 Å². The highest BCUT2D eigenvalue weighted by atomic mass is 19.2. The number of hydrogen-bond donors (Lipinski definition) is 4. The van der Waals surface area contributed by atoms with E-state index >= 15 is 0 Å². The average molecular weight is 1900 g/mol. The molecule has 0 aliphatic carbocycles. The summed E-state index contributed by atoms with van der Waals surface area (Å²) >= 11 is 0. The Morgan fingerprint density at radius 1 is 0.413 bits per heavy atom. The molecule has 5 aromatic heterocycles. The number of alkyl halides is 1. The number of methoxy groups -OCH3 is 1. The number of fused-ring (bicyclic) bond motifs is 4. The topological polar surface area (TPSA) is 365 Å². The molecular weight excluding hydrogens is 1800 g/mol. The fourth-order valence-corrected chi connectivity index (χ4v) is 15.8. The van der Waals surface area contributed by atoms with E-state index in [2.05, 4.69) is 46.6 Å². The quantitative estimate of drug-likeness (QED) is 0.0458. The molecular formula is C98H99F6N17O17. The van der Waals surface area contributed by atoms with Crippen molar-refractivity contribution in [1.29, 1.82) is 0 Å². The molecule has 0 radical (unpaired) electrons. The van der Waals surface area contributed by atoms with E-state index in [0.717, 1.165) is 52.3 Å². The number of aryl methyl sites for hydroxylation is 4. The van der Waals surface area contributed by atoms with Crippen molar-refractivity contribution in [3.05, 3.63) is 254 Å². The molecule has 0 saturated carbocycles. The van der Waals surface area contributed by atoms with Crippen molar-refractivity contribution in [3.63, 3.8) is 0 Å². The molecule has 0 bridgehead atoms. The summed E-state index contributed by atoms with van der Waals surface area (Å²) in [5.41, 5.74) is 0.660. The molecule has 18 rings (SSSR count). The molecule has 7 aromatic carbocycles. The Balaban J connectivity index is 0.000000140. The Kier molecular flexibility index (Phi) is 27.3. The van der Waals surface area contributed by atoms with E-state index in [-0.39, 0.29) is 75.9 Å². The molecule has 8 amide bonds. The fraction of sp³-hybridized carbons (Fsp3) is 0.316. The SMILES string of the molecule is CN(C)C(=O)c1c(F)cc(Oc2cc(C(=O)Nc3ccn(C)n3)cc3c2CC(C)(C)O3)cc1F.CN(C)C(=O)c1ccc(Oc2cc(C(=O)Nc3ccn(C)n3)cc3c2CC(C)(C)O3)cc1F.COCC1(C)Cc2c(Oc3ccc(C(=O)N4CCC4)c(F)c3)cc(C(=O)Nc3ccn(C)n3)cc2O1.Cn1ccc(NC(=O)c2cc(Oc3cnc(C(=O)N4CC(F)C4)c(F)c3)c3c(c2)OC(C)(C)C3)n1. The van der Waals surface area contributed by atoms with Gasteiger partial charge in [-0.2, -0.15) is 20.4 Å². The van der Waals surface area contributed by atoms with Gasteiger partial charge in [0.05, 0.1) is 37.0 Å². The first-order chi connectivity index (χ1) is 65.3. The zero-order chi connectivity index (χ0) is 99.1. The van der Waals surface area contributed by atoms with E-state index in [1.165, 1.54) is 60.4 Å². The second-order valence-electron chi connectivity index (χ2n) is 36.2. The third-order valence-corrected chi connectivity index (χ3v) is 22.4. The molecule has 1 unspecified atom stereocenters. The number of nitrogens with zero attached hydrogens (tertiary/aromatic N) is 13. The van der Waals surface area contributed by atoms with Crippen molar-refractivity contribution in [1.82, 2.24) is 63.7 Å². The van der Waals surface area contributed by atoms with Gasteiger partial charge >= 0.3 is 0 Å². The van der Waals surface area contributed by atoms with Crippen molar-refractivity contribution in [2.24, 2.45) is 28.2 Å². The zero-order valence-electron chi connectivity index (χ0n) is 78.2. The summed E-state index contributed by atoms with van der Waals surface area (Å²) in [5.74, 6) is -3.15. The number of hydrogen-bond acceptors (Lipinski definition) is 22. The lowest BCUT2D eigenvalue weighted by Crippen LogP contribution is -2.51. The van der Waals surface area contributed by atoms with Gasteiger partial charge in [0.2, 0.25) is 0 Å². The highest BCUT2D eigenvalue weighted by Gasteiger charge is 2.42. The maximum absolute atomic E-state index is 14.8. The molecule has 40 heteroatoms. The first-order valence-corrected chi connectivity index (χ1v) is 43.6. The predicted molar refractivity (Wildman–Crippen MR) is 491 cm³/mol. The Bertz CT molecular complexity index is 6790. The number of pyridine rings is 1. The maximum Gasteiger partial charge on any atom is 0.275 e. The third-order valence-electron chi connectivity index (χ3n) is 22.4. The maximum atomic E-state index is 14.8. The smallest absolute Gasteiger partial charge is 0.275 e. The largest absolute Gasteiger partial charge is 0.487 e. The van der Waals surface area contributed by atoms with Gasteiger partial charge in [-0.3, -0.25) is 57.1 Å². The molecule has 12 aromatic rings. The van der Waals surface area contributed by atoms with Gasteiger partial charge in [-0.25, -0.2) is 31.3 Å². The number of anilines is 4. The van der Waals surface area contributed by atoms with Crippen LogP contribution in [-0.4, -0.2) is 208 Å². The monoisotopic (exact) mass is 1900 g/mol. The minimum absolute atomic E-state index is 0.00627. The minimum Gasteiger partial charge on any atom is -0.487 e. The third kappa shape index (κ3) is 22.2. The van der Waals surface area contributed by atoms with Crippen molar-refractivity contribution < 1.29 is 107 Å². The van der Waals surface area contributed by atoms with Crippen LogP contribution in [0, 0.1) is 29.1 Å². The predicted octanol–water partition coefficient (Wildman–Crippen LogP) is 15.5. The Morgan fingerprint density at radius 2 is 0.761 bits per heavy atom. The zero-order valence-corrected chi connectivity index (χ0v) is 78.2. The van der Waals surface area contributed by atoms with Crippen LogP contribution in [-0.2, 0) is 58.6 Å². The second-order valence-corrected chi connectivity index (χ2v) is 36.2. The molecule has 6 aliphatic heterocycles. The first-order valence-electron chi connectivity index (χ1n) is 43.6. The summed E-state index contributed by atoms with van der Waals surface area (Å²) < 4.78 is 146. The van der Waals surface area contributed by atoms with Gasteiger partial charge in [0, 0.05) is 226 Å². The average Bonchev–Trinajstić information content (AvgIpc) is 1.62. The van der Waals surface area contributed by atoms with Crippen LogP contribution >= 0.6 is 0 Å². The molecule has 138 heavy (non-hydrogen) atoms. The van der Waals surface area contributed by atoms with Crippen LogP contribution in [0.3, 0.4) is 0 Å². The van der Waals surface area contributed by atoms with Crippen molar-refractivity contribution in [3.8, 4) is 69.0 Å². The number of likely N-dealkylation sites (tertiary alicyclic amines) is 2. The summed E-state index contributed by atoms with van der Waals surface area (Å²) in [6, 6.07) is 30.5. The molecule has 11 heterocycles. The molecule has 0 spiro atoms. The molecule has 720 valence electrons. The van der Waals surface area contributed by atoms with E-state index in [0.29, 0.717) is 126 Å². The lowest BCUT2D eigenvalue weighted by atomic mass is 9.98. The van der Waals surface area contributed by atoms with Crippen molar-refractivity contribution in [2.45, 2.75) is 109 Å². The second kappa shape index (κ2) is 38.9. The Labute approximate surface area is 787 Å². The van der Waals surface area contributed by atoms with Crippen LogP contribution in [0.5, 0.6) is 69.0 Å². The van der Waals surface area contributed by atoms with E-state index < -0.39 is 104 Å². The molecule has 2 fully saturated rings. The molecule has 2 saturated heterocycles. The van der Waals surface area contributed by atoms with Crippen molar-refractivity contribution in [2.75, 3.05) is 89.4 Å². The number of rotatable bonds is 22. The van der Waals surface area contributed by atoms with E-state index in [1.807, 2.05) is 48.5 Å². The standard InChI is InChI=1S/C26H27FN4O5.C24H23F2N5O4.C24H24F2N4O4.C24H25FN4O4/c1-26(15-34-3)14-19-21(35-17-5-6-18(20(27)13-17)25(33)31-8-4-9-31)11-16(12-22(19)36-26)24(32)28-23-7-10-30(2)29-23;1-24(2)9-16-18(6-13(7-19(16)35-24)22(32)28-20-4-5-30(3)29-20)34-15-8-17(26)21(27-10-15)23(33)31-11-14(25)12-31;1-24(2)12-15-18(33-14-10-16(25)21(17(26)11-14)23(32)29(3)4)8-13(9-19(15)34-24)22(31)27-20-6-7-30(5)28-20;1-24(2)13-17-19(32-15-6-7-16(18(25)12-15)23(31)28(3)4)10-14(11-20(17)33-24)22(30)26-21-8-9-29(5)27-21/h5-7,10-13H,4,8-9,14-15H2,1-3H3,(H,28,29,32);4-8,10,14H,9,11-12H2,1-3H3,(H,28,29,32);6-11H,12H2,1-5H3,(H,27,28,31);6-12H,13H2,1-5H3,(H,26,27,30). The van der Waals surface area contributed by atoms with Gasteiger partial charge in [-0.1, -0.05) is 0 Å². The van der Waals surface area contributed by atoms with Crippen LogP contribution in [0.2, 0.25) is 0 Å². The molecule has 6 aliphatic rings. The van der Waals surface area contributed by atoms with Crippen LogP contribution in [0.15, 0.2) is 158 Å². The van der Waals surface area contributed by atoms with Crippen LogP contribution < -0.4 is 59.2 Å². The fourth-order valence-electron chi connectivity index (χ4n) is 15.8. The summed E-state index contributed by atoms with van der Waals surface area (Å²) in [6.07, 6.45) is 9.87. The normalized spacial score (nSPS) is 15.6. The van der Waals surface area contributed by atoms with Gasteiger partial charge in [0.15, 0.2) is 34.8 Å². The lowest BCUT2D eigenvalue weighted by Gasteiger charge is -2.33. The minimum atomic E-state index is -1.10. The highest BCUT2D eigenvalue weighted by Crippen LogP contribution is 2.49. The molecule has 1 atom stereocenters. The van der Waals surface area contributed by atoms with E-state index in [4.69, 9.17) is 42.6 Å². The van der Waals surface area contributed by atoms with Crippen LogP contribution in [0.1, 0.15) is 160 Å². The Hall–Kier alpha value is -15.8. The number of amides is 8. The van der Waals surface area contributed by atoms with E-state index in [9.17, 15) is 64.7 Å². The number of halogens is 6.